The number of ether oxygens (including phenoxy) is 1. The van der Waals surface area contributed by atoms with Crippen molar-refractivity contribution >= 4 is 22.0 Å². The van der Waals surface area contributed by atoms with E-state index >= 15 is 0 Å². The first-order valence-electron chi connectivity index (χ1n) is 9.23. The van der Waals surface area contributed by atoms with E-state index in [2.05, 4.69) is 4.72 Å². The highest BCUT2D eigenvalue weighted by molar-refractivity contribution is 7.89. The normalized spacial score (nSPS) is 16.0. The largest absolute Gasteiger partial charge is 0.439 e. The molecule has 1 saturated heterocycles. The predicted octanol–water partition coefficient (Wildman–Crippen LogP) is 2.98. The number of hydrogen-bond acceptors (Lipinski definition) is 5. The maximum atomic E-state index is 13.0. The summed E-state index contributed by atoms with van der Waals surface area (Å²) in [6.45, 7) is 5.66. The number of cyclic esters (lactones) is 1. The van der Waals surface area contributed by atoms with Crippen LogP contribution < -0.4 is 4.72 Å². The maximum absolute atomic E-state index is 13.0. The second kappa shape index (κ2) is 7.96. The van der Waals surface area contributed by atoms with E-state index < -0.39 is 28.1 Å². The SMILES string of the molecule is CC(C)(C)c1ccc(S(=O)(=O)NC(CN2C(=O)COC2=O)c2ccccc2)cc1. The quantitative estimate of drug-likeness (QED) is 0.781. The molecule has 0 aromatic heterocycles. The number of imide groups is 1. The standard InChI is InChI=1S/C21H24N2O5S/c1-21(2,3)16-9-11-17(12-10-16)29(26,27)22-18(15-7-5-4-6-8-15)13-23-19(24)14-28-20(23)25/h4-12,18,22H,13-14H2,1-3H3. The molecule has 1 atom stereocenters. The Kier molecular flexibility index (Phi) is 5.77. The van der Waals surface area contributed by atoms with E-state index in [9.17, 15) is 18.0 Å². The Balaban J connectivity index is 1.88. The number of carbonyl (C=O) groups excluding carboxylic acids is 2. The van der Waals surface area contributed by atoms with Crippen LogP contribution in [0.2, 0.25) is 0 Å². The fourth-order valence-electron chi connectivity index (χ4n) is 3.03. The number of benzene rings is 2. The summed E-state index contributed by atoms with van der Waals surface area (Å²) in [4.78, 5) is 24.8. The van der Waals surface area contributed by atoms with Crippen LogP contribution in [-0.4, -0.2) is 38.5 Å². The van der Waals surface area contributed by atoms with Crippen LogP contribution in [-0.2, 0) is 25.0 Å². The molecule has 3 rings (SSSR count). The van der Waals surface area contributed by atoms with Crippen molar-refractivity contribution < 1.29 is 22.7 Å². The third kappa shape index (κ3) is 4.83. The van der Waals surface area contributed by atoms with Crippen LogP contribution in [0.3, 0.4) is 0 Å². The summed E-state index contributed by atoms with van der Waals surface area (Å²) in [5.41, 5.74) is 1.55. The third-order valence-corrected chi connectivity index (χ3v) is 6.22. The molecule has 0 spiro atoms. The van der Waals surface area contributed by atoms with Gasteiger partial charge in [-0.3, -0.25) is 4.79 Å². The number of hydrogen-bond donors (Lipinski definition) is 1. The zero-order valence-corrected chi connectivity index (χ0v) is 17.4. The molecule has 1 aliphatic rings. The van der Waals surface area contributed by atoms with Gasteiger partial charge in [-0.25, -0.2) is 22.8 Å². The van der Waals surface area contributed by atoms with Crippen LogP contribution in [0, 0.1) is 0 Å². The first-order valence-corrected chi connectivity index (χ1v) is 10.7. The molecule has 0 radical (unpaired) electrons. The highest BCUT2D eigenvalue weighted by atomic mass is 32.2. The summed E-state index contributed by atoms with van der Waals surface area (Å²) in [5, 5.41) is 0. The van der Waals surface area contributed by atoms with E-state index in [1.54, 1.807) is 54.6 Å². The summed E-state index contributed by atoms with van der Waals surface area (Å²) in [7, 11) is -3.89. The van der Waals surface area contributed by atoms with Crippen LogP contribution in [0.5, 0.6) is 0 Å². The molecule has 0 bridgehead atoms. The average molecular weight is 416 g/mol. The lowest BCUT2D eigenvalue weighted by Crippen LogP contribution is -2.40. The number of sulfonamides is 1. The molecule has 1 N–H and O–H groups in total. The molecular weight excluding hydrogens is 392 g/mol. The molecule has 1 fully saturated rings. The van der Waals surface area contributed by atoms with Gasteiger partial charge in [0.2, 0.25) is 10.0 Å². The van der Waals surface area contributed by atoms with Crippen molar-refractivity contribution in [3.63, 3.8) is 0 Å². The summed E-state index contributed by atoms with van der Waals surface area (Å²) in [5.74, 6) is -0.496. The van der Waals surface area contributed by atoms with Crippen molar-refractivity contribution in [1.29, 1.82) is 0 Å². The van der Waals surface area contributed by atoms with Gasteiger partial charge in [-0.1, -0.05) is 63.2 Å². The third-order valence-electron chi connectivity index (χ3n) is 4.74. The zero-order chi connectivity index (χ0) is 21.2. The fourth-order valence-corrected chi connectivity index (χ4v) is 4.24. The highest BCUT2D eigenvalue weighted by Crippen LogP contribution is 2.25. The molecule has 8 heteroatoms. The Hall–Kier alpha value is -2.71. The Morgan fingerprint density at radius 3 is 2.17 bits per heavy atom. The lowest BCUT2D eigenvalue weighted by Gasteiger charge is -2.23. The van der Waals surface area contributed by atoms with Gasteiger partial charge < -0.3 is 4.74 Å². The number of nitrogens with one attached hydrogen (secondary N) is 1. The first-order chi connectivity index (χ1) is 13.6. The second-order valence-corrected chi connectivity index (χ2v) is 9.63. The molecule has 0 saturated carbocycles. The van der Waals surface area contributed by atoms with Crippen molar-refractivity contribution in [2.24, 2.45) is 0 Å². The molecule has 154 valence electrons. The highest BCUT2D eigenvalue weighted by Gasteiger charge is 2.34. The van der Waals surface area contributed by atoms with Gasteiger partial charge in [0.05, 0.1) is 17.5 Å². The van der Waals surface area contributed by atoms with Crippen molar-refractivity contribution in [2.45, 2.75) is 37.1 Å². The van der Waals surface area contributed by atoms with Crippen LogP contribution in [0.15, 0.2) is 59.5 Å². The van der Waals surface area contributed by atoms with E-state index in [1.807, 2.05) is 20.8 Å². The van der Waals surface area contributed by atoms with E-state index in [-0.39, 0.29) is 23.5 Å². The maximum Gasteiger partial charge on any atom is 0.417 e. The zero-order valence-electron chi connectivity index (χ0n) is 16.6. The van der Waals surface area contributed by atoms with Gasteiger partial charge >= 0.3 is 6.09 Å². The molecule has 1 heterocycles. The Morgan fingerprint density at radius 2 is 1.66 bits per heavy atom. The van der Waals surface area contributed by atoms with Crippen LogP contribution in [0.1, 0.15) is 37.9 Å². The Labute approximate surface area is 170 Å². The van der Waals surface area contributed by atoms with E-state index in [4.69, 9.17) is 4.74 Å². The second-order valence-electron chi connectivity index (χ2n) is 7.92. The van der Waals surface area contributed by atoms with Gasteiger partial charge in [-0.15, -0.1) is 0 Å². The molecular formula is C21H24N2O5S. The van der Waals surface area contributed by atoms with Crippen molar-refractivity contribution in [2.75, 3.05) is 13.2 Å². The summed E-state index contributed by atoms with van der Waals surface area (Å²) in [6.07, 6.45) is -0.773. The van der Waals surface area contributed by atoms with Crippen molar-refractivity contribution in [3.05, 3.63) is 65.7 Å². The van der Waals surface area contributed by atoms with E-state index in [1.165, 1.54) is 0 Å². The average Bonchev–Trinajstić information content (AvgIpc) is 2.99. The lowest BCUT2D eigenvalue weighted by atomic mass is 9.87. The molecule has 7 nitrogen and oxygen atoms in total. The van der Waals surface area contributed by atoms with Crippen LogP contribution >= 0.6 is 0 Å². The monoisotopic (exact) mass is 416 g/mol. The van der Waals surface area contributed by atoms with Gasteiger partial charge in [-0.2, -0.15) is 0 Å². The predicted molar refractivity (Wildman–Crippen MR) is 108 cm³/mol. The van der Waals surface area contributed by atoms with Gasteiger partial charge in [0, 0.05) is 0 Å². The summed E-state index contributed by atoms with van der Waals surface area (Å²) < 4.78 is 33.3. The molecule has 29 heavy (non-hydrogen) atoms. The molecule has 0 aliphatic carbocycles. The molecule has 1 aliphatic heterocycles. The van der Waals surface area contributed by atoms with Gasteiger partial charge in [0.1, 0.15) is 0 Å². The number of amides is 2. The minimum Gasteiger partial charge on any atom is -0.439 e. The topological polar surface area (TPSA) is 92.8 Å². The molecule has 2 aromatic rings. The Morgan fingerprint density at radius 1 is 1.03 bits per heavy atom. The number of carbonyl (C=O) groups is 2. The van der Waals surface area contributed by atoms with Gasteiger partial charge in [0.25, 0.3) is 5.91 Å². The molecule has 2 amide bonds. The van der Waals surface area contributed by atoms with Crippen LogP contribution in [0.25, 0.3) is 0 Å². The van der Waals surface area contributed by atoms with E-state index in [0.29, 0.717) is 5.56 Å². The van der Waals surface area contributed by atoms with Crippen LogP contribution in [0.4, 0.5) is 4.79 Å². The smallest absolute Gasteiger partial charge is 0.417 e. The fraction of sp³-hybridized carbons (Fsp3) is 0.333. The summed E-state index contributed by atoms with van der Waals surface area (Å²) >= 11 is 0. The molecule has 1 unspecified atom stereocenters. The summed E-state index contributed by atoms with van der Waals surface area (Å²) in [6, 6.07) is 14.7. The minimum atomic E-state index is -3.89. The first kappa shape index (κ1) is 21.0. The van der Waals surface area contributed by atoms with Gasteiger partial charge in [-0.05, 0) is 28.7 Å². The number of rotatable bonds is 6. The Bertz CT molecular complexity index is 980. The van der Waals surface area contributed by atoms with E-state index in [0.717, 1.165) is 10.5 Å². The number of nitrogens with zero attached hydrogens (tertiary/aromatic N) is 1. The van der Waals surface area contributed by atoms with Crippen molar-refractivity contribution in [1.82, 2.24) is 9.62 Å². The van der Waals surface area contributed by atoms with Gasteiger partial charge in [0.15, 0.2) is 6.61 Å². The van der Waals surface area contributed by atoms with Crippen molar-refractivity contribution in [3.8, 4) is 0 Å². The molecule has 2 aromatic carbocycles. The lowest BCUT2D eigenvalue weighted by molar-refractivity contribution is -0.126. The minimum absolute atomic E-state index is 0.0984.